The minimum atomic E-state index is -0.851. The van der Waals surface area contributed by atoms with E-state index in [-0.39, 0.29) is 0 Å². The number of benzene rings is 2. The van der Waals surface area contributed by atoms with Crippen molar-refractivity contribution < 1.29 is 9.90 Å². The number of hydrogen-bond donors (Lipinski definition) is 1. The van der Waals surface area contributed by atoms with Crippen molar-refractivity contribution in [3.05, 3.63) is 70.9 Å². The Bertz CT molecular complexity index is 984. The van der Waals surface area contributed by atoms with Gasteiger partial charge < -0.3 is 14.9 Å². The van der Waals surface area contributed by atoms with Crippen LogP contribution in [0.4, 0.5) is 10.5 Å². The number of fused-ring (bicyclic) bond motifs is 1. The van der Waals surface area contributed by atoms with E-state index in [1.807, 2.05) is 30.5 Å². The lowest BCUT2D eigenvalue weighted by Crippen LogP contribution is -2.48. The lowest BCUT2D eigenvalue weighted by atomic mass is 10.0. The van der Waals surface area contributed by atoms with Crippen LogP contribution in [0.15, 0.2) is 54.7 Å². The van der Waals surface area contributed by atoms with Gasteiger partial charge in [-0.05, 0) is 41.8 Å². The van der Waals surface area contributed by atoms with Crippen LogP contribution in [0.1, 0.15) is 11.1 Å². The summed E-state index contributed by atoms with van der Waals surface area (Å²) in [7, 11) is 0. The van der Waals surface area contributed by atoms with Gasteiger partial charge in [0.2, 0.25) is 0 Å². The molecule has 1 N–H and O–H groups in total. The molecule has 0 bridgehead atoms. The van der Waals surface area contributed by atoms with Crippen molar-refractivity contribution in [1.82, 2.24) is 9.88 Å². The van der Waals surface area contributed by atoms with Gasteiger partial charge in [0.05, 0.1) is 11.2 Å². The monoisotopic (exact) mass is 381 g/mol. The summed E-state index contributed by atoms with van der Waals surface area (Å²) in [6.45, 7) is 2.38. The van der Waals surface area contributed by atoms with E-state index in [1.165, 1.54) is 4.90 Å². The molecule has 4 rings (SSSR count). The number of nitrogens with zero attached hydrogens (tertiary/aromatic N) is 3. The first-order valence-corrected chi connectivity index (χ1v) is 9.33. The molecule has 6 heteroatoms. The molecule has 1 aliphatic rings. The zero-order valence-corrected chi connectivity index (χ0v) is 15.6. The molecule has 0 radical (unpaired) electrons. The molecule has 2 heterocycles. The Balaban J connectivity index is 1.58. The first-order valence-electron chi connectivity index (χ1n) is 8.95. The molecule has 1 aromatic heterocycles. The summed E-state index contributed by atoms with van der Waals surface area (Å²) < 4.78 is 0. The van der Waals surface area contributed by atoms with E-state index < -0.39 is 6.09 Å². The predicted molar refractivity (Wildman–Crippen MR) is 108 cm³/mol. The number of amides is 1. The van der Waals surface area contributed by atoms with Crippen molar-refractivity contribution in [3.8, 4) is 0 Å². The highest BCUT2D eigenvalue weighted by atomic mass is 35.5. The molecule has 1 amide bonds. The Labute approximate surface area is 162 Å². The van der Waals surface area contributed by atoms with Gasteiger partial charge in [0, 0.05) is 42.8 Å². The first kappa shape index (κ1) is 17.6. The molecule has 3 aromatic rings. The predicted octanol–water partition coefficient (Wildman–Crippen LogP) is 4.28. The maximum atomic E-state index is 11.1. The van der Waals surface area contributed by atoms with Crippen molar-refractivity contribution in [2.45, 2.75) is 6.42 Å². The molecule has 0 unspecified atom stereocenters. The molecule has 2 aromatic carbocycles. The van der Waals surface area contributed by atoms with Gasteiger partial charge in [0.25, 0.3) is 0 Å². The topological polar surface area (TPSA) is 56.7 Å². The SMILES string of the molecule is O=C(O)N1CCN(c2cccc3cc(Cc4cccc(Cl)c4)cnc23)CC1. The largest absolute Gasteiger partial charge is 0.465 e. The Morgan fingerprint density at radius 1 is 1.04 bits per heavy atom. The van der Waals surface area contributed by atoms with Crippen LogP contribution in [-0.4, -0.2) is 47.3 Å². The lowest BCUT2D eigenvalue weighted by molar-refractivity contribution is 0.142. The fourth-order valence-electron chi connectivity index (χ4n) is 3.56. The van der Waals surface area contributed by atoms with E-state index >= 15 is 0 Å². The average molecular weight is 382 g/mol. The number of piperazine rings is 1. The van der Waals surface area contributed by atoms with E-state index in [2.05, 4.69) is 29.2 Å². The van der Waals surface area contributed by atoms with Crippen LogP contribution in [0.5, 0.6) is 0 Å². The van der Waals surface area contributed by atoms with Crippen LogP contribution in [-0.2, 0) is 6.42 Å². The molecule has 138 valence electrons. The number of rotatable bonds is 3. The molecule has 0 spiro atoms. The van der Waals surface area contributed by atoms with Crippen molar-refractivity contribution in [3.63, 3.8) is 0 Å². The minimum Gasteiger partial charge on any atom is -0.465 e. The van der Waals surface area contributed by atoms with Gasteiger partial charge in [-0.25, -0.2) is 4.79 Å². The molecule has 0 saturated carbocycles. The third-order valence-corrected chi connectivity index (χ3v) is 5.17. The Hall–Kier alpha value is -2.79. The smallest absolute Gasteiger partial charge is 0.407 e. The normalized spacial score (nSPS) is 14.6. The summed E-state index contributed by atoms with van der Waals surface area (Å²) in [5.41, 5.74) is 4.31. The standard InChI is InChI=1S/C21H20ClN3O2/c22-18-5-1-3-15(13-18)11-16-12-17-4-2-6-19(20(17)23-14-16)24-7-9-25(10-8-24)21(26)27/h1-6,12-14H,7-11H2,(H,26,27). The van der Waals surface area contributed by atoms with Crippen molar-refractivity contribution >= 4 is 34.3 Å². The summed E-state index contributed by atoms with van der Waals surface area (Å²) in [6, 6.07) is 16.2. The first-order chi connectivity index (χ1) is 13.1. The van der Waals surface area contributed by atoms with Gasteiger partial charge in [-0.2, -0.15) is 0 Å². The molecule has 1 fully saturated rings. The number of aromatic nitrogens is 1. The number of carboxylic acid groups (broad SMARTS) is 1. The summed E-state index contributed by atoms with van der Waals surface area (Å²) in [5.74, 6) is 0. The average Bonchev–Trinajstić information content (AvgIpc) is 2.67. The number of anilines is 1. The molecule has 5 nitrogen and oxygen atoms in total. The molecular weight excluding hydrogens is 362 g/mol. The van der Waals surface area contributed by atoms with Gasteiger partial charge in [-0.1, -0.05) is 35.9 Å². The minimum absolute atomic E-state index is 0.512. The van der Waals surface area contributed by atoms with Gasteiger partial charge in [0.15, 0.2) is 0 Å². The molecule has 0 atom stereocenters. The zero-order valence-electron chi connectivity index (χ0n) is 14.8. The van der Waals surface area contributed by atoms with Crippen LogP contribution < -0.4 is 4.90 Å². The molecule has 1 aliphatic heterocycles. The fourth-order valence-corrected chi connectivity index (χ4v) is 3.78. The van der Waals surface area contributed by atoms with Gasteiger partial charge in [0.1, 0.15) is 0 Å². The van der Waals surface area contributed by atoms with Crippen molar-refractivity contribution in [1.29, 1.82) is 0 Å². The van der Waals surface area contributed by atoms with Crippen LogP contribution in [0.3, 0.4) is 0 Å². The third-order valence-electron chi connectivity index (χ3n) is 4.93. The molecular formula is C21H20ClN3O2. The van der Waals surface area contributed by atoms with Crippen LogP contribution in [0, 0.1) is 0 Å². The Kier molecular flexibility index (Phi) is 4.86. The second-order valence-electron chi connectivity index (χ2n) is 6.76. The quantitative estimate of drug-likeness (QED) is 0.735. The van der Waals surface area contributed by atoms with Crippen LogP contribution in [0.2, 0.25) is 5.02 Å². The highest BCUT2D eigenvalue weighted by Crippen LogP contribution is 2.27. The highest BCUT2D eigenvalue weighted by molar-refractivity contribution is 6.30. The number of para-hydroxylation sites is 1. The zero-order chi connectivity index (χ0) is 18.8. The van der Waals surface area contributed by atoms with Crippen molar-refractivity contribution in [2.24, 2.45) is 0 Å². The third kappa shape index (κ3) is 3.83. The number of hydrogen-bond acceptors (Lipinski definition) is 3. The van der Waals surface area contributed by atoms with E-state index in [1.54, 1.807) is 0 Å². The number of pyridine rings is 1. The molecule has 0 aliphatic carbocycles. The summed E-state index contributed by atoms with van der Waals surface area (Å²) >= 11 is 6.08. The molecule has 27 heavy (non-hydrogen) atoms. The fraction of sp³-hybridized carbons (Fsp3) is 0.238. The maximum absolute atomic E-state index is 11.1. The van der Waals surface area contributed by atoms with Crippen molar-refractivity contribution in [2.75, 3.05) is 31.1 Å². The maximum Gasteiger partial charge on any atom is 0.407 e. The Morgan fingerprint density at radius 2 is 1.81 bits per heavy atom. The van der Waals surface area contributed by atoms with Gasteiger partial charge in [-0.15, -0.1) is 0 Å². The number of carbonyl (C=O) groups is 1. The highest BCUT2D eigenvalue weighted by Gasteiger charge is 2.21. The lowest BCUT2D eigenvalue weighted by Gasteiger charge is -2.34. The van der Waals surface area contributed by atoms with E-state index in [0.29, 0.717) is 26.2 Å². The van der Waals surface area contributed by atoms with Gasteiger partial charge in [-0.3, -0.25) is 4.98 Å². The second kappa shape index (κ2) is 7.45. The summed E-state index contributed by atoms with van der Waals surface area (Å²) in [5, 5.41) is 11.0. The second-order valence-corrected chi connectivity index (χ2v) is 7.19. The van der Waals surface area contributed by atoms with E-state index in [4.69, 9.17) is 21.7 Å². The van der Waals surface area contributed by atoms with Crippen LogP contribution in [0.25, 0.3) is 10.9 Å². The molecule has 1 saturated heterocycles. The van der Waals surface area contributed by atoms with E-state index in [0.717, 1.165) is 39.2 Å². The summed E-state index contributed by atoms with van der Waals surface area (Å²) in [4.78, 5) is 19.5. The Morgan fingerprint density at radius 3 is 2.56 bits per heavy atom. The van der Waals surface area contributed by atoms with Gasteiger partial charge >= 0.3 is 6.09 Å². The van der Waals surface area contributed by atoms with Crippen LogP contribution >= 0.6 is 11.6 Å². The van der Waals surface area contributed by atoms with E-state index in [9.17, 15) is 4.79 Å². The number of halogens is 1. The summed E-state index contributed by atoms with van der Waals surface area (Å²) in [6.07, 6.45) is 1.85.